The fourth-order valence-corrected chi connectivity index (χ4v) is 3.64. The lowest BCUT2D eigenvalue weighted by molar-refractivity contribution is -0.118. The lowest BCUT2D eigenvalue weighted by Crippen LogP contribution is -2.34. The van der Waals surface area contributed by atoms with Gasteiger partial charge in [0.05, 0.1) is 6.20 Å². The Morgan fingerprint density at radius 2 is 1.61 bits per heavy atom. The molecule has 0 aliphatic heterocycles. The van der Waals surface area contributed by atoms with Gasteiger partial charge in [-0.3, -0.25) is 9.48 Å². The van der Waals surface area contributed by atoms with Crippen LogP contribution in [-0.2, 0) is 18.3 Å². The summed E-state index contributed by atoms with van der Waals surface area (Å²) in [6.07, 6.45) is 6.31. The predicted octanol–water partition coefficient (Wildman–Crippen LogP) is 4.61. The Hall–Kier alpha value is -3.77. The molecule has 0 radical (unpaired) electrons. The van der Waals surface area contributed by atoms with E-state index in [1.807, 2.05) is 56.6 Å². The molecule has 1 atom stereocenters. The van der Waals surface area contributed by atoms with Crippen LogP contribution in [0, 0.1) is 13.8 Å². The second kappa shape index (κ2) is 10.2. The molecule has 4 rings (SSSR count). The molecule has 0 saturated carbocycles. The molecule has 0 fully saturated rings. The molecular weight excluding hydrogens is 410 g/mol. The third-order valence-corrected chi connectivity index (χ3v) is 5.61. The summed E-state index contributed by atoms with van der Waals surface area (Å²) in [6.45, 7) is 4.80. The second-order valence-electron chi connectivity index (χ2n) is 8.36. The zero-order valence-corrected chi connectivity index (χ0v) is 19.2. The molecule has 0 aliphatic rings. The monoisotopic (exact) mass is 439 g/mol. The van der Waals surface area contributed by atoms with Crippen LogP contribution < -0.4 is 10.6 Å². The second-order valence-corrected chi connectivity index (χ2v) is 8.36. The van der Waals surface area contributed by atoms with Gasteiger partial charge in [0.15, 0.2) is 0 Å². The van der Waals surface area contributed by atoms with Crippen molar-refractivity contribution in [1.29, 1.82) is 0 Å². The molecule has 6 heteroatoms. The van der Waals surface area contributed by atoms with Crippen molar-refractivity contribution in [3.05, 3.63) is 102 Å². The summed E-state index contributed by atoms with van der Waals surface area (Å²) in [6, 6.07) is 19.8. The molecule has 4 aromatic rings. The lowest BCUT2D eigenvalue weighted by Gasteiger charge is -2.19. The zero-order chi connectivity index (χ0) is 23.2. The van der Waals surface area contributed by atoms with E-state index in [9.17, 15) is 4.79 Å². The van der Waals surface area contributed by atoms with Gasteiger partial charge in [-0.05, 0) is 43.5 Å². The average molecular weight is 440 g/mol. The van der Waals surface area contributed by atoms with E-state index >= 15 is 0 Å². The maximum atomic E-state index is 13.2. The number of carbonyl (C=O) groups is 1. The molecule has 1 amide bonds. The van der Waals surface area contributed by atoms with Crippen LogP contribution in [0.3, 0.4) is 0 Å². The topological polar surface area (TPSA) is 71.8 Å². The summed E-state index contributed by atoms with van der Waals surface area (Å²) in [5.41, 5.74) is 6.50. The molecule has 0 bridgehead atoms. The Bertz CT molecular complexity index is 1190. The van der Waals surface area contributed by atoms with Gasteiger partial charge < -0.3 is 10.6 Å². The Balaban J connectivity index is 1.45. The highest BCUT2D eigenvalue weighted by atomic mass is 16.2. The number of amides is 1. The number of anilines is 1. The molecule has 0 unspecified atom stereocenters. The minimum absolute atomic E-state index is 0.135. The fraction of sp³-hybridized carbons (Fsp3) is 0.222. The minimum Gasteiger partial charge on any atom is -0.309 e. The average Bonchev–Trinajstić information content (AvgIpc) is 3.25. The summed E-state index contributed by atoms with van der Waals surface area (Å²) in [5, 5.41) is 10.6. The van der Waals surface area contributed by atoms with Gasteiger partial charge in [-0.1, -0.05) is 59.7 Å². The molecule has 0 spiro atoms. The lowest BCUT2D eigenvalue weighted by atomic mass is 10.0. The normalized spacial score (nSPS) is 11.8. The molecule has 168 valence electrons. The SMILES string of the molecule is Cc1ccc(CCN[C@H](C(=O)Nc2ccc(-c3cnn(C)c3)cn2)c2ccc(C)cc2)cc1. The number of benzene rings is 2. The van der Waals surface area contributed by atoms with Crippen molar-refractivity contribution in [2.75, 3.05) is 11.9 Å². The molecule has 0 aliphatic carbocycles. The van der Waals surface area contributed by atoms with Crippen molar-refractivity contribution >= 4 is 11.7 Å². The molecule has 2 aromatic heterocycles. The highest BCUT2D eigenvalue weighted by molar-refractivity contribution is 5.95. The first-order chi connectivity index (χ1) is 16.0. The summed E-state index contributed by atoms with van der Waals surface area (Å²) in [7, 11) is 1.88. The van der Waals surface area contributed by atoms with E-state index < -0.39 is 6.04 Å². The predicted molar refractivity (Wildman–Crippen MR) is 132 cm³/mol. The zero-order valence-electron chi connectivity index (χ0n) is 19.2. The van der Waals surface area contributed by atoms with Crippen LogP contribution in [0.1, 0.15) is 28.3 Å². The number of rotatable bonds is 8. The summed E-state index contributed by atoms with van der Waals surface area (Å²) in [4.78, 5) is 17.7. The summed E-state index contributed by atoms with van der Waals surface area (Å²) in [5.74, 6) is 0.384. The van der Waals surface area contributed by atoms with E-state index in [1.54, 1.807) is 17.1 Å². The molecule has 33 heavy (non-hydrogen) atoms. The maximum absolute atomic E-state index is 13.2. The smallest absolute Gasteiger partial charge is 0.247 e. The largest absolute Gasteiger partial charge is 0.309 e. The van der Waals surface area contributed by atoms with Crippen LogP contribution in [0.2, 0.25) is 0 Å². The molecule has 0 saturated heterocycles. The molecule has 2 heterocycles. The van der Waals surface area contributed by atoms with Gasteiger partial charge in [0, 0.05) is 37.1 Å². The molecule has 2 aromatic carbocycles. The first-order valence-corrected chi connectivity index (χ1v) is 11.1. The number of carbonyl (C=O) groups excluding carboxylic acids is 1. The maximum Gasteiger partial charge on any atom is 0.247 e. The molecule has 6 nitrogen and oxygen atoms in total. The van der Waals surface area contributed by atoms with Crippen molar-refractivity contribution in [2.24, 2.45) is 7.05 Å². The Morgan fingerprint density at radius 1 is 0.909 bits per heavy atom. The highest BCUT2D eigenvalue weighted by Crippen LogP contribution is 2.20. The number of aryl methyl sites for hydroxylation is 3. The number of nitrogens with zero attached hydrogens (tertiary/aromatic N) is 3. The van der Waals surface area contributed by atoms with E-state index in [0.717, 1.165) is 28.7 Å². The van der Waals surface area contributed by atoms with Gasteiger partial charge in [0.1, 0.15) is 11.9 Å². The first kappa shape index (κ1) is 22.4. The van der Waals surface area contributed by atoms with Crippen molar-refractivity contribution in [3.63, 3.8) is 0 Å². The van der Waals surface area contributed by atoms with Gasteiger partial charge in [-0.15, -0.1) is 0 Å². The van der Waals surface area contributed by atoms with E-state index in [1.165, 1.54) is 11.1 Å². The van der Waals surface area contributed by atoms with Crippen LogP contribution in [-0.4, -0.2) is 27.2 Å². The Labute approximate surface area is 194 Å². The Kier molecular flexibility index (Phi) is 6.95. The van der Waals surface area contributed by atoms with E-state index in [-0.39, 0.29) is 5.91 Å². The number of hydrogen-bond donors (Lipinski definition) is 2. The Morgan fingerprint density at radius 3 is 2.21 bits per heavy atom. The van der Waals surface area contributed by atoms with Gasteiger partial charge in [-0.25, -0.2) is 4.98 Å². The first-order valence-electron chi connectivity index (χ1n) is 11.1. The number of aromatic nitrogens is 3. The van der Waals surface area contributed by atoms with E-state index in [4.69, 9.17) is 0 Å². The summed E-state index contributed by atoms with van der Waals surface area (Å²) < 4.78 is 1.75. The van der Waals surface area contributed by atoms with E-state index in [0.29, 0.717) is 12.4 Å². The van der Waals surface area contributed by atoms with Gasteiger partial charge in [0.2, 0.25) is 5.91 Å². The van der Waals surface area contributed by atoms with Crippen LogP contribution >= 0.6 is 0 Å². The number of nitrogens with one attached hydrogen (secondary N) is 2. The van der Waals surface area contributed by atoms with Crippen LogP contribution in [0.4, 0.5) is 5.82 Å². The minimum atomic E-state index is -0.476. The van der Waals surface area contributed by atoms with Crippen LogP contribution in [0.25, 0.3) is 11.1 Å². The van der Waals surface area contributed by atoms with Crippen molar-refractivity contribution in [1.82, 2.24) is 20.1 Å². The van der Waals surface area contributed by atoms with Gasteiger partial charge in [-0.2, -0.15) is 5.10 Å². The highest BCUT2D eigenvalue weighted by Gasteiger charge is 2.20. The number of hydrogen-bond acceptors (Lipinski definition) is 4. The van der Waals surface area contributed by atoms with Crippen molar-refractivity contribution in [3.8, 4) is 11.1 Å². The number of pyridine rings is 1. The van der Waals surface area contributed by atoms with E-state index in [2.05, 4.69) is 51.9 Å². The van der Waals surface area contributed by atoms with Gasteiger partial charge >= 0.3 is 0 Å². The standard InChI is InChI=1S/C27H29N5O/c1-19-4-8-21(9-5-19)14-15-28-26(22-10-6-20(2)7-11-22)27(33)31-25-13-12-23(16-29-25)24-17-30-32(3)18-24/h4-13,16-18,26,28H,14-15H2,1-3H3,(H,29,31,33)/t26-/m0/s1. The van der Waals surface area contributed by atoms with Crippen molar-refractivity contribution < 1.29 is 4.79 Å². The van der Waals surface area contributed by atoms with Crippen LogP contribution in [0.5, 0.6) is 0 Å². The molecule has 2 N–H and O–H groups in total. The summed E-state index contributed by atoms with van der Waals surface area (Å²) >= 11 is 0. The third kappa shape index (κ3) is 5.93. The fourth-order valence-electron chi connectivity index (χ4n) is 3.64. The quantitative estimate of drug-likeness (QED) is 0.421. The van der Waals surface area contributed by atoms with Crippen molar-refractivity contribution in [2.45, 2.75) is 26.3 Å². The molecular formula is C27H29N5O. The third-order valence-electron chi connectivity index (χ3n) is 5.61. The van der Waals surface area contributed by atoms with Gasteiger partial charge in [0.25, 0.3) is 0 Å². The van der Waals surface area contributed by atoms with Crippen LogP contribution in [0.15, 0.2) is 79.3 Å².